The first-order valence-corrected chi connectivity index (χ1v) is 8.58. The molecule has 2 aromatic carbocycles. The Kier molecular flexibility index (Phi) is 10.7. The van der Waals surface area contributed by atoms with Gasteiger partial charge in [-0.1, -0.05) is 56.9 Å². The average molecular weight is 491 g/mol. The maximum Gasteiger partial charge on any atom is 0.0142 e. The van der Waals surface area contributed by atoms with Crippen molar-refractivity contribution in [2.24, 2.45) is 11.8 Å². The summed E-state index contributed by atoms with van der Waals surface area (Å²) in [5.74, 6) is 0.444. The van der Waals surface area contributed by atoms with Gasteiger partial charge in [0, 0.05) is 77.1 Å². The minimum absolute atomic E-state index is 0. The van der Waals surface area contributed by atoms with Crippen molar-refractivity contribution in [3.63, 3.8) is 0 Å². The van der Waals surface area contributed by atoms with Crippen molar-refractivity contribution < 1.29 is 74.2 Å². The van der Waals surface area contributed by atoms with Crippen molar-refractivity contribution in [2.75, 3.05) is 0 Å². The van der Waals surface area contributed by atoms with E-state index >= 15 is 0 Å². The molecule has 0 N–H and O–H groups in total. The first-order chi connectivity index (χ1) is 11.1. The molecular weight excluding hydrogens is 468 g/mol. The first kappa shape index (κ1) is 23.5. The fourth-order valence-corrected chi connectivity index (χ4v) is 3.52. The van der Waals surface area contributed by atoms with Crippen LogP contribution in [-0.2, 0) is 71.8 Å². The second kappa shape index (κ2) is 11.4. The van der Waals surface area contributed by atoms with Crippen LogP contribution in [0.3, 0.4) is 0 Å². The van der Waals surface area contributed by atoms with Gasteiger partial charge in [-0.05, 0) is 35.8 Å². The van der Waals surface area contributed by atoms with Crippen LogP contribution in [0.2, 0.25) is 0 Å². The zero-order valence-electron chi connectivity index (χ0n) is 14.8. The summed E-state index contributed by atoms with van der Waals surface area (Å²) in [6.45, 7) is 2.35. The normalized spacial score (nSPS) is 19.6. The topological polar surface area (TPSA) is 0 Å². The second-order valence-corrected chi connectivity index (χ2v) is 6.93. The van der Waals surface area contributed by atoms with E-state index in [2.05, 4.69) is 19.1 Å². The van der Waals surface area contributed by atoms with Crippen molar-refractivity contribution in [1.29, 1.82) is 0 Å². The third-order valence-corrected chi connectivity index (χ3v) is 5.07. The molecule has 1 aliphatic rings. The van der Waals surface area contributed by atoms with E-state index in [4.69, 9.17) is 0 Å². The summed E-state index contributed by atoms with van der Waals surface area (Å²) in [7, 11) is 0. The fourth-order valence-electron chi connectivity index (χ4n) is 3.52. The van der Waals surface area contributed by atoms with Gasteiger partial charge in [0.25, 0.3) is 0 Å². The van der Waals surface area contributed by atoms with E-state index in [0.717, 1.165) is 23.8 Å². The third-order valence-electron chi connectivity index (χ3n) is 5.07. The SMILES string of the molecule is CC1CCC(CCc2ccc(-c3cc(F)[c-]c(F)c3)cc2)CC1.[Y].[Y]. The van der Waals surface area contributed by atoms with Crippen LogP contribution < -0.4 is 0 Å². The Hall–Kier alpha value is 0.508. The Morgan fingerprint density at radius 1 is 0.880 bits per heavy atom. The monoisotopic (exact) mass is 491 g/mol. The summed E-state index contributed by atoms with van der Waals surface area (Å²) in [4.78, 5) is 0. The van der Waals surface area contributed by atoms with Crippen LogP contribution in [0.25, 0.3) is 11.1 Å². The van der Waals surface area contributed by atoms with Crippen LogP contribution in [0.15, 0.2) is 36.4 Å². The average Bonchev–Trinajstić information content (AvgIpc) is 2.54. The van der Waals surface area contributed by atoms with Crippen LogP contribution in [-0.4, -0.2) is 0 Å². The molecule has 4 heteroatoms. The van der Waals surface area contributed by atoms with Gasteiger partial charge in [0.1, 0.15) is 0 Å². The molecule has 0 nitrogen and oxygen atoms in total. The summed E-state index contributed by atoms with van der Waals surface area (Å²) in [5.41, 5.74) is 2.70. The largest absolute Gasteiger partial charge is 0.236 e. The Bertz CT molecular complexity index is 627. The van der Waals surface area contributed by atoms with Gasteiger partial charge < -0.3 is 0 Å². The first-order valence-electron chi connectivity index (χ1n) is 8.58. The maximum atomic E-state index is 13.3. The van der Waals surface area contributed by atoms with E-state index in [1.807, 2.05) is 18.2 Å². The molecule has 25 heavy (non-hydrogen) atoms. The van der Waals surface area contributed by atoms with Crippen LogP contribution in [0, 0.1) is 29.5 Å². The molecule has 0 aromatic heterocycles. The number of aryl methyl sites for hydroxylation is 1. The standard InChI is InChI=1S/C21H23F2.2Y/c1-15-2-4-16(5-3-15)6-7-17-8-10-18(11-9-17)19-12-20(22)14-21(23)13-19;;/h8-13,15-16H,2-7H2,1H3;;/q-1;;. The van der Waals surface area contributed by atoms with Crippen LogP contribution >= 0.6 is 0 Å². The van der Waals surface area contributed by atoms with Gasteiger partial charge in [0.05, 0.1) is 0 Å². The minimum atomic E-state index is -0.657. The van der Waals surface area contributed by atoms with Crippen LogP contribution in [0.5, 0.6) is 0 Å². The summed E-state index contributed by atoms with van der Waals surface area (Å²) >= 11 is 0. The van der Waals surface area contributed by atoms with Crippen LogP contribution in [0.1, 0.15) is 44.6 Å². The number of benzene rings is 2. The molecular formula is C21H23F2Y2-. The molecule has 0 unspecified atom stereocenters. The minimum Gasteiger partial charge on any atom is -0.236 e. The summed E-state index contributed by atoms with van der Waals surface area (Å²) in [6, 6.07) is 12.7. The van der Waals surface area contributed by atoms with Gasteiger partial charge in [-0.3, -0.25) is 0 Å². The van der Waals surface area contributed by atoms with E-state index < -0.39 is 11.6 Å². The molecule has 2 radical (unpaired) electrons. The van der Waals surface area contributed by atoms with Gasteiger partial charge in [0.15, 0.2) is 0 Å². The number of halogens is 2. The van der Waals surface area contributed by atoms with Crippen molar-refractivity contribution in [3.05, 3.63) is 59.7 Å². The van der Waals surface area contributed by atoms with E-state index in [9.17, 15) is 8.78 Å². The van der Waals surface area contributed by atoms with Gasteiger partial charge >= 0.3 is 0 Å². The van der Waals surface area contributed by atoms with Gasteiger partial charge in [-0.15, -0.1) is 23.8 Å². The van der Waals surface area contributed by atoms with E-state index in [-0.39, 0.29) is 65.4 Å². The predicted octanol–water partition coefficient (Wildman–Crippen LogP) is 6.19. The summed E-state index contributed by atoms with van der Waals surface area (Å²) in [5, 5.41) is 0. The zero-order valence-corrected chi connectivity index (χ0v) is 20.4. The van der Waals surface area contributed by atoms with E-state index in [1.165, 1.54) is 49.8 Å². The molecule has 1 saturated carbocycles. The molecule has 3 rings (SSSR count). The molecule has 0 atom stereocenters. The van der Waals surface area contributed by atoms with Crippen molar-refractivity contribution in [2.45, 2.75) is 45.4 Å². The Morgan fingerprint density at radius 3 is 2.00 bits per heavy atom. The van der Waals surface area contributed by atoms with Gasteiger partial charge in [-0.2, -0.15) is 0 Å². The van der Waals surface area contributed by atoms with Crippen LogP contribution in [0.4, 0.5) is 8.78 Å². The van der Waals surface area contributed by atoms with Crippen molar-refractivity contribution >= 4 is 0 Å². The fraction of sp³-hybridized carbons (Fsp3) is 0.429. The third kappa shape index (κ3) is 7.21. The van der Waals surface area contributed by atoms with E-state index in [1.54, 1.807) is 0 Å². The maximum absolute atomic E-state index is 13.3. The number of hydrogen-bond donors (Lipinski definition) is 0. The molecule has 0 saturated heterocycles. The molecule has 0 heterocycles. The smallest absolute Gasteiger partial charge is 0.0142 e. The number of hydrogen-bond acceptors (Lipinski definition) is 0. The molecule has 1 aliphatic carbocycles. The molecule has 2 aromatic rings. The van der Waals surface area contributed by atoms with Crippen molar-refractivity contribution in [3.8, 4) is 11.1 Å². The molecule has 0 aliphatic heterocycles. The molecule has 1 fully saturated rings. The van der Waals surface area contributed by atoms with E-state index in [0.29, 0.717) is 5.56 Å². The quantitative estimate of drug-likeness (QED) is 0.448. The Labute approximate surface area is 200 Å². The Balaban J connectivity index is 0.00000156. The molecule has 0 amide bonds. The molecule has 0 bridgehead atoms. The summed E-state index contributed by atoms with van der Waals surface area (Å²) < 4.78 is 26.5. The summed E-state index contributed by atoms with van der Waals surface area (Å²) in [6.07, 6.45) is 7.79. The van der Waals surface area contributed by atoms with Crippen molar-refractivity contribution in [1.82, 2.24) is 0 Å². The predicted molar refractivity (Wildman–Crippen MR) is 90.1 cm³/mol. The van der Waals surface area contributed by atoms with Gasteiger partial charge in [0.2, 0.25) is 0 Å². The second-order valence-electron chi connectivity index (χ2n) is 6.93. The zero-order chi connectivity index (χ0) is 16.2. The Morgan fingerprint density at radius 2 is 1.44 bits per heavy atom. The number of rotatable bonds is 4. The molecule has 128 valence electrons. The molecule has 0 spiro atoms. The van der Waals surface area contributed by atoms with Gasteiger partial charge in [-0.25, -0.2) is 8.78 Å².